The molecule has 0 fully saturated rings. The van der Waals surface area contributed by atoms with Crippen molar-refractivity contribution >= 4 is 10.0 Å². The van der Waals surface area contributed by atoms with Crippen LogP contribution in [0.3, 0.4) is 0 Å². The van der Waals surface area contributed by atoms with E-state index in [0.29, 0.717) is 31.2 Å². The van der Waals surface area contributed by atoms with Crippen LogP contribution in [0, 0.1) is 0 Å². The molecule has 0 aliphatic carbocycles. The van der Waals surface area contributed by atoms with Crippen molar-refractivity contribution in [3.63, 3.8) is 0 Å². The Morgan fingerprint density at radius 2 is 2.09 bits per heavy atom. The first-order valence-electron chi connectivity index (χ1n) is 7.18. The molecule has 2 aromatic rings. The van der Waals surface area contributed by atoms with Gasteiger partial charge < -0.3 is 4.74 Å². The molecule has 1 aliphatic heterocycles. The molecule has 0 spiro atoms. The van der Waals surface area contributed by atoms with Gasteiger partial charge in [-0.15, -0.1) is 0 Å². The van der Waals surface area contributed by atoms with Gasteiger partial charge in [-0.25, -0.2) is 8.42 Å². The standard InChI is InChI=1S/C15H19N3O3S/c1-3-18(9-12-7-16-17(2)8-12)22(19,20)15-5-4-13-10-21-11-14(13)6-15/h4-8H,3,9-11H2,1-2H3. The van der Waals surface area contributed by atoms with E-state index in [-0.39, 0.29) is 0 Å². The number of sulfonamides is 1. The van der Waals surface area contributed by atoms with Gasteiger partial charge in [0.1, 0.15) is 0 Å². The fraction of sp³-hybridized carbons (Fsp3) is 0.400. The Bertz CT molecular complexity index is 783. The highest BCUT2D eigenvalue weighted by Gasteiger charge is 2.25. The Morgan fingerprint density at radius 1 is 1.32 bits per heavy atom. The molecule has 0 radical (unpaired) electrons. The molecule has 0 saturated heterocycles. The van der Waals surface area contributed by atoms with Gasteiger partial charge in [0.05, 0.1) is 24.3 Å². The van der Waals surface area contributed by atoms with Crippen LogP contribution in [-0.4, -0.2) is 29.0 Å². The van der Waals surface area contributed by atoms with Crippen LogP contribution in [0.15, 0.2) is 35.5 Å². The van der Waals surface area contributed by atoms with Crippen molar-refractivity contribution in [3.8, 4) is 0 Å². The largest absolute Gasteiger partial charge is 0.372 e. The van der Waals surface area contributed by atoms with E-state index in [9.17, 15) is 8.42 Å². The van der Waals surface area contributed by atoms with E-state index in [0.717, 1.165) is 16.7 Å². The van der Waals surface area contributed by atoms with Crippen LogP contribution in [0.4, 0.5) is 0 Å². The lowest BCUT2D eigenvalue weighted by molar-refractivity contribution is 0.134. The smallest absolute Gasteiger partial charge is 0.243 e. The fourth-order valence-corrected chi connectivity index (χ4v) is 4.07. The molecule has 1 aliphatic rings. The predicted molar refractivity (Wildman–Crippen MR) is 81.4 cm³/mol. The fourth-order valence-electron chi connectivity index (χ4n) is 2.58. The summed E-state index contributed by atoms with van der Waals surface area (Å²) in [6.07, 6.45) is 3.52. The summed E-state index contributed by atoms with van der Waals surface area (Å²) in [6.45, 7) is 3.60. The third-order valence-corrected chi connectivity index (χ3v) is 5.72. The zero-order chi connectivity index (χ0) is 15.7. The number of hydrogen-bond acceptors (Lipinski definition) is 4. The minimum absolute atomic E-state index is 0.320. The summed E-state index contributed by atoms with van der Waals surface area (Å²) >= 11 is 0. The monoisotopic (exact) mass is 321 g/mol. The maximum Gasteiger partial charge on any atom is 0.243 e. The molecule has 0 N–H and O–H groups in total. The van der Waals surface area contributed by atoms with Crippen LogP contribution < -0.4 is 0 Å². The molecule has 1 aromatic heterocycles. The molecular formula is C15H19N3O3S. The van der Waals surface area contributed by atoms with E-state index in [1.807, 2.05) is 26.2 Å². The molecule has 7 heteroatoms. The van der Waals surface area contributed by atoms with Crippen LogP contribution in [0.25, 0.3) is 0 Å². The summed E-state index contributed by atoms with van der Waals surface area (Å²) in [4.78, 5) is 0.322. The van der Waals surface area contributed by atoms with E-state index in [2.05, 4.69) is 5.10 Å². The van der Waals surface area contributed by atoms with Gasteiger partial charge in [-0.05, 0) is 23.3 Å². The second-order valence-corrected chi connectivity index (χ2v) is 7.31. The lowest BCUT2D eigenvalue weighted by Crippen LogP contribution is -2.30. The number of hydrogen-bond donors (Lipinski definition) is 0. The van der Waals surface area contributed by atoms with E-state index < -0.39 is 10.0 Å². The van der Waals surface area contributed by atoms with Crippen molar-refractivity contribution in [3.05, 3.63) is 47.3 Å². The quantitative estimate of drug-likeness (QED) is 0.840. The van der Waals surface area contributed by atoms with Gasteiger partial charge in [0.2, 0.25) is 10.0 Å². The Balaban J connectivity index is 1.89. The Morgan fingerprint density at radius 3 is 2.77 bits per heavy atom. The summed E-state index contributed by atoms with van der Waals surface area (Å²) in [7, 11) is -1.71. The maximum absolute atomic E-state index is 12.8. The summed E-state index contributed by atoms with van der Waals surface area (Å²) in [5, 5.41) is 4.08. The average molecular weight is 321 g/mol. The van der Waals surface area contributed by atoms with E-state index >= 15 is 0 Å². The molecule has 118 valence electrons. The van der Waals surface area contributed by atoms with Gasteiger partial charge in [0, 0.05) is 31.9 Å². The maximum atomic E-state index is 12.8. The van der Waals surface area contributed by atoms with Gasteiger partial charge in [0.15, 0.2) is 0 Å². The van der Waals surface area contributed by atoms with Gasteiger partial charge in [-0.3, -0.25) is 4.68 Å². The molecule has 2 heterocycles. The summed E-state index contributed by atoms with van der Waals surface area (Å²) in [6, 6.07) is 5.23. The Kier molecular flexibility index (Phi) is 4.03. The Hall–Kier alpha value is -1.70. The van der Waals surface area contributed by atoms with Crippen molar-refractivity contribution in [2.24, 2.45) is 7.05 Å². The lowest BCUT2D eigenvalue weighted by atomic mass is 10.1. The van der Waals surface area contributed by atoms with Crippen LogP contribution in [-0.2, 0) is 41.6 Å². The third-order valence-electron chi connectivity index (χ3n) is 3.80. The molecule has 0 bridgehead atoms. The van der Waals surface area contributed by atoms with E-state index in [1.165, 1.54) is 4.31 Å². The van der Waals surface area contributed by atoms with Crippen LogP contribution in [0.1, 0.15) is 23.6 Å². The van der Waals surface area contributed by atoms with Crippen LogP contribution in [0.2, 0.25) is 0 Å². The first-order valence-corrected chi connectivity index (χ1v) is 8.62. The number of benzene rings is 1. The SMILES string of the molecule is CCN(Cc1cnn(C)c1)S(=O)(=O)c1ccc2c(c1)COC2. The van der Waals surface area contributed by atoms with Crippen molar-refractivity contribution in [2.45, 2.75) is 31.6 Å². The summed E-state index contributed by atoms with van der Waals surface area (Å²) in [5.74, 6) is 0. The van der Waals surface area contributed by atoms with Gasteiger partial charge >= 0.3 is 0 Å². The zero-order valence-corrected chi connectivity index (χ0v) is 13.5. The Labute approximate surface area is 130 Å². The molecule has 3 rings (SSSR count). The number of nitrogens with zero attached hydrogens (tertiary/aromatic N) is 3. The van der Waals surface area contributed by atoms with Crippen molar-refractivity contribution in [1.29, 1.82) is 0 Å². The normalized spacial score (nSPS) is 14.5. The molecule has 0 unspecified atom stereocenters. The number of fused-ring (bicyclic) bond motifs is 1. The highest BCUT2D eigenvalue weighted by molar-refractivity contribution is 7.89. The summed E-state index contributed by atoms with van der Waals surface area (Å²) < 4.78 is 34.1. The van der Waals surface area contributed by atoms with Crippen molar-refractivity contribution < 1.29 is 13.2 Å². The minimum atomic E-state index is -3.52. The van der Waals surface area contributed by atoms with Crippen molar-refractivity contribution in [1.82, 2.24) is 14.1 Å². The summed E-state index contributed by atoms with van der Waals surface area (Å²) in [5.41, 5.74) is 2.89. The van der Waals surface area contributed by atoms with Gasteiger partial charge in [-0.1, -0.05) is 13.0 Å². The number of aromatic nitrogens is 2. The van der Waals surface area contributed by atoms with Gasteiger partial charge in [-0.2, -0.15) is 9.40 Å². The zero-order valence-electron chi connectivity index (χ0n) is 12.7. The number of rotatable bonds is 5. The molecule has 0 saturated carbocycles. The number of ether oxygens (including phenoxy) is 1. The molecule has 0 amide bonds. The van der Waals surface area contributed by atoms with E-state index in [4.69, 9.17) is 4.74 Å². The molecule has 1 aromatic carbocycles. The first kappa shape index (κ1) is 15.2. The molecule has 6 nitrogen and oxygen atoms in total. The van der Waals surface area contributed by atoms with Gasteiger partial charge in [0.25, 0.3) is 0 Å². The van der Waals surface area contributed by atoms with E-state index in [1.54, 1.807) is 23.0 Å². The van der Waals surface area contributed by atoms with Crippen LogP contribution in [0.5, 0.6) is 0 Å². The molecular weight excluding hydrogens is 302 g/mol. The number of aryl methyl sites for hydroxylation is 1. The minimum Gasteiger partial charge on any atom is -0.372 e. The second kappa shape index (κ2) is 5.83. The second-order valence-electron chi connectivity index (χ2n) is 5.38. The first-order chi connectivity index (χ1) is 10.5. The highest BCUT2D eigenvalue weighted by Crippen LogP contribution is 2.25. The highest BCUT2D eigenvalue weighted by atomic mass is 32.2. The van der Waals surface area contributed by atoms with Crippen LogP contribution >= 0.6 is 0 Å². The molecule has 0 atom stereocenters. The lowest BCUT2D eigenvalue weighted by Gasteiger charge is -2.20. The third kappa shape index (κ3) is 2.79. The molecule has 22 heavy (non-hydrogen) atoms. The van der Waals surface area contributed by atoms with Crippen molar-refractivity contribution in [2.75, 3.05) is 6.54 Å². The average Bonchev–Trinajstić information content (AvgIpc) is 3.12. The topological polar surface area (TPSA) is 64.4 Å². The predicted octanol–water partition coefficient (Wildman–Crippen LogP) is 1.66.